The molecule has 1 atom stereocenters. The lowest BCUT2D eigenvalue weighted by Gasteiger charge is -2.17. The number of pyridine rings is 1. The number of nitrogens with zero attached hydrogens (tertiary/aromatic N) is 1. The zero-order chi connectivity index (χ0) is 12.5. The molecule has 1 N–H and O–H groups in total. The number of aliphatic hydroxyl groups is 1. The molecule has 0 bridgehead atoms. The van der Waals surface area contributed by atoms with Gasteiger partial charge in [0, 0.05) is 24.4 Å². The first-order chi connectivity index (χ1) is 7.97. The van der Waals surface area contributed by atoms with Crippen molar-refractivity contribution >= 4 is 10.9 Å². The second kappa shape index (κ2) is 4.37. The van der Waals surface area contributed by atoms with Crippen LogP contribution in [0.5, 0.6) is 0 Å². The Kier molecular flexibility index (Phi) is 3.07. The lowest BCUT2D eigenvalue weighted by Crippen LogP contribution is -2.32. The van der Waals surface area contributed by atoms with Crippen LogP contribution in [0, 0.1) is 0 Å². The minimum absolute atomic E-state index is 0.145. The van der Waals surface area contributed by atoms with E-state index in [0.717, 1.165) is 10.9 Å². The van der Waals surface area contributed by atoms with Crippen molar-refractivity contribution in [3.63, 3.8) is 0 Å². The van der Waals surface area contributed by atoms with E-state index >= 15 is 0 Å². The van der Waals surface area contributed by atoms with Crippen LogP contribution < -0.4 is 0 Å². The van der Waals surface area contributed by atoms with Gasteiger partial charge in [0.25, 0.3) is 5.92 Å². The van der Waals surface area contributed by atoms with Gasteiger partial charge in [-0.3, -0.25) is 4.98 Å². The maximum atomic E-state index is 12.8. The zero-order valence-electron chi connectivity index (χ0n) is 9.40. The molecule has 0 spiro atoms. The van der Waals surface area contributed by atoms with Gasteiger partial charge in [-0.1, -0.05) is 24.3 Å². The van der Waals surface area contributed by atoms with Gasteiger partial charge in [-0.25, -0.2) is 8.78 Å². The summed E-state index contributed by atoms with van der Waals surface area (Å²) in [6, 6.07) is 10.9. The minimum Gasteiger partial charge on any atom is -0.386 e. The largest absolute Gasteiger partial charge is 0.386 e. The van der Waals surface area contributed by atoms with Gasteiger partial charge in [0.1, 0.15) is 6.10 Å². The molecule has 0 aliphatic heterocycles. The maximum absolute atomic E-state index is 12.8. The summed E-state index contributed by atoms with van der Waals surface area (Å²) >= 11 is 0. The lowest BCUT2D eigenvalue weighted by molar-refractivity contribution is -0.0924. The van der Waals surface area contributed by atoms with E-state index in [1.165, 1.54) is 0 Å². The SMILES string of the molecule is CC(F)(F)C(O)Cc1ccc2ccccc2n1. The van der Waals surface area contributed by atoms with Crippen molar-refractivity contribution in [3.8, 4) is 0 Å². The maximum Gasteiger partial charge on any atom is 0.271 e. The molecule has 2 nitrogen and oxygen atoms in total. The first-order valence-corrected chi connectivity index (χ1v) is 5.37. The summed E-state index contributed by atoms with van der Waals surface area (Å²) in [4.78, 5) is 4.24. The van der Waals surface area contributed by atoms with Gasteiger partial charge in [-0.2, -0.15) is 0 Å². The molecule has 1 unspecified atom stereocenters. The molecule has 1 aromatic heterocycles. The molecular weight excluding hydrogens is 224 g/mol. The molecule has 0 amide bonds. The zero-order valence-corrected chi connectivity index (χ0v) is 9.40. The molecule has 1 aromatic carbocycles. The number of alkyl halides is 2. The van der Waals surface area contributed by atoms with Crippen LogP contribution in [0.4, 0.5) is 8.78 Å². The Morgan fingerprint density at radius 1 is 1.24 bits per heavy atom. The molecule has 90 valence electrons. The molecule has 0 saturated heterocycles. The van der Waals surface area contributed by atoms with Crippen molar-refractivity contribution in [2.24, 2.45) is 0 Å². The number of hydrogen-bond donors (Lipinski definition) is 1. The van der Waals surface area contributed by atoms with Crippen molar-refractivity contribution in [3.05, 3.63) is 42.1 Å². The van der Waals surface area contributed by atoms with Crippen LogP contribution >= 0.6 is 0 Å². The van der Waals surface area contributed by atoms with Gasteiger partial charge in [0.15, 0.2) is 0 Å². The van der Waals surface area contributed by atoms with Gasteiger partial charge >= 0.3 is 0 Å². The molecule has 0 fully saturated rings. The summed E-state index contributed by atoms with van der Waals surface area (Å²) in [6.07, 6.45) is -1.84. The third-order valence-electron chi connectivity index (χ3n) is 2.64. The third-order valence-corrected chi connectivity index (χ3v) is 2.64. The number of aliphatic hydroxyl groups excluding tert-OH is 1. The Morgan fingerprint density at radius 3 is 2.65 bits per heavy atom. The third kappa shape index (κ3) is 2.77. The van der Waals surface area contributed by atoms with Crippen molar-refractivity contribution in [1.29, 1.82) is 0 Å². The van der Waals surface area contributed by atoms with E-state index in [-0.39, 0.29) is 6.42 Å². The number of halogens is 2. The first-order valence-electron chi connectivity index (χ1n) is 5.37. The molecule has 2 rings (SSSR count). The van der Waals surface area contributed by atoms with Crippen molar-refractivity contribution in [2.75, 3.05) is 0 Å². The fraction of sp³-hybridized carbons (Fsp3) is 0.308. The van der Waals surface area contributed by atoms with Gasteiger partial charge in [0.2, 0.25) is 0 Å². The van der Waals surface area contributed by atoms with Crippen LogP contribution in [0.15, 0.2) is 36.4 Å². The molecule has 0 radical (unpaired) electrons. The van der Waals surface area contributed by atoms with Crippen molar-refractivity contribution in [2.45, 2.75) is 25.4 Å². The molecule has 17 heavy (non-hydrogen) atoms. The van der Waals surface area contributed by atoms with Crippen molar-refractivity contribution in [1.82, 2.24) is 4.98 Å². The molecule has 0 aliphatic rings. The van der Waals surface area contributed by atoms with Crippen LogP contribution in [0.3, 0.4) is 0 Å². The smallest absolute Gasteiger partial charge is 0.271 e. The van der Waals surface area contributed by atoms with Crippen LogP contribution in [-0.2, 0) is 6.42 Å². The highest BCUT2D eigenvalue weighted by Crippen LogP contribution is 2.21. The number of rotatable bonds is 3. The van der Waals surface area contributed by atoms with Crippen LogP contribution in [-0.4, -0.2) is 22.1 Å². The molecule has 0 aliphatic carbocycles. The van der Waals surface area contributed by atoms with E-state index in [2.05, 4.69) is 4.98 Å². The van der Waals surface area contributed by atoms with Crippen LogP contribution in [0.25, 0.3) is 10.9 Å². The molecule has 4 heteroatoms. The number of benzene rings is 1. The Labute approximate surface area is 97.9 Å². The Bertz CT molecular complexity index is 522. The predicted molar refractivity (Wildman–Crippen MR) is 62.1 cm³/mol. The monoisotopic (exact) mass is 237 g/mol. The Hall–Kier alpha value is -1.55. The summed E-state index contributed by atoms with van der Waals surface area (Å²) in [7, 11) is 0. The van der Waals surface area contributed by atoms with Gasteiger partial charge in [-0.15, -0.1) is 0 Å². The van der Waals surface area contributed by atoms with E-state index in [4.69, 9.17) is 0 Å². The summed E-state index contributed by atoms with van der Waals surface area (Å²) < 4.78 is 25.7. The molecular formula is C13H13F2NO. The molecule has 0 saturated carbocycles. The Balaban J connectivity index is 2.25. The standard InChI is InChI=1S/C13H13F2NO/c1-13(14,15)12(17)8-10-7-6-9-4-2-3-5-11(9)16-10/h2-7,12,17H,8H2,1H3. The quantitative estimate of drug-likeness (QED) is 0.890. The molecule has 2 aromatic rings. The number of para-hydroxylation sites is 1. The fourth-order valence-electron chi connectivity index (χ4n) is 1.60. The van der Waals surface area contributed by atoms with Gasteiger partial charge in [-0.05, 0) is 12.1 Å². The van der Waals surface area contributed by atoms with E-state index in [1.807, 2.05) is 30.3 Å². The fourth-order valence-corrected chi connectivity index (χ4v) is 1.60. The number of hydrogen-bond acceptors (Lipinski definition) is 2. The lowest BCUT2D eigenvalue weighted by atomic mass is 10.1. The highest BCUT2D eigenvalue weighted by Gasteiger charge is 2.32. The summed E-state index contributed by atoms with van der Waals surface area (Å²) in [6.45, 7) is 0.707. The highest BCUT2D eigenvalue weighted by atomic mass is 19.3. The number of aromatic nitrogens is 1. The second-order valence-electron chi connectivity index (χ2n) is 4.17. The van der Waals surface area contributed by atoms with Crippen LogP contribution in [0.1, 0.15) is 12.6 Å². The topological polar surface area (TPSA) is 33.1 Å². The summed E-state index contributed by atoms with van der Waals surface area (Å²) in [5.74, 6) is -3.10. The summed E-state index contributed by atoms with van der Waals surface area (Å²) in [5.41, 5.74) is 1.22. The van der Waals surface area contributed by atoms with E-state index in [0.29, 0.717) is 12.6 Å². The van der Waals surface area contributed by atoms with E-state index in [9.17, 15) is 13.9 Å². The Morgan fingerprint density at radius 2 is 1.94 bits per heavy atom. The minimum atomic E-state index is -3.10. The second-order valence-corrected chi connectivity index (χ2v) is 4.17. The average Bonchev–Trinajstić information content (AvgIpc) is 2.27. The predicted octanol–water partition coefficient (Wildman–Crippen LogP) is 2.79. The van der Waals surface area contributed by atoms with Gasteiger partial charge < -0.3 is 5.11 Å². The number of fused-ring (bicyclic) bond motifs is 1. The highest BCUT2D eigenvalue weighted by molar-refractivity contribution is 5.78. The average molecular weight is 237 g/mol. The molecule has 1 heterocycles. The van der Waals surface area contributed by atoms with Gasteiger partial charge in [0.05, 0.1) is 5.52 Å². The first kappa shape index (κ1) is 11.9. The van der Waals surface area contributed by atoms with Crippen LogP contribution in [0.2, 0.25) is 0 Å². The van der Waals surface area contributed by atoms with E-state index < -0.39 is 12.0 Å². The normalized spacial score (nSPS) is 13.9. The van der Waals surface area contributed by atoms with Crippen molar-refractivity contribution < 1.29 is 13.9 Å². The van der Waals surface area contributed by atoms with E-state index in [1.54, 1.807) is 6.07 Å². The summed E-state index contributed by atoms with van der Waals surface area (Å²) in [5, 5.41) is 10.3.